The molecule has 0 atom stereocenters. The number of hydrogen-bond donors (Lipinski definition) is 5. The van der Waals surface area contributed by atoms with E-state index >= 15 is 0 Å². The monoisotopic (exact) mass is 334 g/mol. The van der Waals surface area contributed by atoms with Crippen molar-refractivity contribution in [1.82, 2.24) is 16.5 Å². The molecule has 0 spiro atoms. The second-order valence-corrected chi connectivity index (χ2v) is 6.89. The fraction of sp³-hybridized carbons (Fsp3) is 1.00. The Bertz CT molecular complexity index is 205. The van der Waals surface area contributed by atoms with Crippen molar-refractivity contribution in [2.24, 2.45) is 17.3 Å². The SMILES string of the molecule is CCC(C)(CC)NN.CCCN(C)C.N.NC1CCC(N)CC1. The van der Waals surface area contributed by atoms with Gasteiger partial charge >= 0.3 is 0 Å². The van der Waals surface area contributed by atoms with Crippen LogP contribution >= 0.6 is 0 Å². The molecule has 0 aromatic rings. The molecule has 0 bridgehead atoms. The molecule has 1 aliphatic rings. The van der Waals surface area contributed by atoms with Gasteiger partial charge in [-0.05, 0) is 72.5 Å². The first kappa shape index (κ1) is 27.6. The van der Waals surface area contributed by atoms with Crippen molar-refractivity contribution in [3.63, 3.8) is 0 Å². The van der Waals surface area contributed by atoms with E-state index in [1.54, 1.807) is 0 Å². The first-order chi connectivity index (χ1) is 10.2. The first-order valence-electron chi connectivity index (χ1n) is 8.88. The van der Waals surface area contributed by atoms with Crippen LogP contribution in [0.5, 0.6) is 0 Å². The van der Waals surface area contributed by atoms with E-state index in [0.29, 0.717) is 12.1 Å². The van der Waals surface area contributed by atoms with Gasteiger partial charge in [0.25, 0.3) is 0 Å². The van der Waals surface area contributed by atoms with Crippen LogP contribution in [0.4, 0.5) is 0 Å². The smallest absolute Gasteiger partial charge is 0.0288 e. The minimum atomic E-state index is 0. The van der Waals surface area contributed by atoms with Crippen LogP contribution in [0.15, 0.2) is 0 Å². The van der Waals surface area contributed by atoms with E-state index in [4.69, 9.17) is 17.3 Å². The summed E-state index contributed by atoms with van der Waals surface area (Å²) in [5, 5.41) is 0. The molecule has 6 heteroatoms. The quantitative estimate of drug-likeness (QED) is 0.388. The summed E-state index contributed by atoms with van der Waals surface area (Å²) in [6.45, 7) is 9.76. The molecule has 0 aromatic carbocycles. The van der Waals surface area contributed by atoms with Crippen molar-refractivity contribution in [2.45, 2.75) is 90.3 Å². The molecule has 23 heavy (non-hydrogen) atoms. The fourth-order valence-electron chi connectivity index (χ4n) is 2.05. The van der Waals surface area contributed by atoms with Gasteiger partial charge in [-0.25, -0.2) is 0 Å². The van der Waals surface area contributed by atoms with Gasteiger partial charge in [0.1, 0.15) is 0 Å². The Morgan fingerprint density at radius 1 is 0.957 bits per heavy atom. The standard InChI is InChI=1S/C6H14N2.C6H16N2.C5H13N.H3N/c7-5-1-2-6(8)4-3-5;1-4-6(3,5-2)8-7;1-4-5-6(2)3;/h5-6H,1-4,7-8H2;8H,4-5,7H2,1-3H3;4-5H2,1-3H3;1H3. The molecule has 10 N–H and O–H groups in total. The Morgan fingerprint density at radius 2 is 1.30 bits per heavy atom. The van der Waals surface area contributed by atoms with E-state index in [1.165, 1.54) is 13.0 Å². The van der Waals surface area contributed by atoms with Crippen molar-refractivity contribution < 1.29 is 0 Å². The largest absolute Gasteiger partial charge is 0.344 e. The summed E-state index contributed by atoms with van der Waals surface area (Å²) >= 11 is 0. The molecule has 1 rings (SSSR count). The molecule has 1 aliphatic carbocycles. The third-order valence-electron chi connectivity index (χ3n) is 4.40. The number of hydrogen-bond acceptors (Lipinski definition) is 6. The Kier molecular flexibility index (Phi) is 19.9. The van der Waals surface area contributed by atoms with Gasteiger partial charge in [-0.1, -0.05) is 20.8 Å². The zero-order valence-electron chi connectivity index (χ0n) is 16.7. The molecule has 0 saturated heterocycles. The van der Waals surface area contributed by atoms with Gasteiger partial charge in [0.2, 0.25) is 0 Å². The van der Waals surface area contributed by atoms with E-state index in [-0.39, 0.29) is 11.7 Å². The molecule has 0 aromatic heterocycles. The summed E-state index contributed by atoms with van der Waals surface area (Å²) in [7, 11) is 4.17. The highest BCUT2D eigenvalue weighted by atomic mass is 15.3. The number of nitrogens with one attached hydrogen (secondary N) is 1. The summed E-state index contributed by atoms with van der Waals surface area (Å²) in [6.07, 6.45) is 7.93. The van der Waals surface area contributed by atoms with E-state index in [1.807, 2.05) is 0 Å². The highest BCUT2D eigenvalue weighted by Gasteiger charge is 2.15. The topological polar surface area (TPSA) is 128 Å². The normalized spacial score (nSPS) is 20.6. The Balaban J connectivity index is -0.000000259. The third kappa shape index (κ3) is 17.9. The average molecular weight is 335 g/mol. The maximum Gasteiger partial charge on any atom is 0.0288 e. The summed E-state index contributed by atoms with van der Waals surface area (Å²) in [4.78, 5) is 2.18. The van der Waals surface area contributed by atoms with Crippen LogP contribution in [0.25, 0.3) is 0 Å². The third-order valence-corrected chi connectivity index (χ3v) is 4.40. The minimum absolute atomic E-state index is 0. The van der Waals surface area contributed by atoms with Crippen LogP contribution in [0.3, 0.4) is 0 Å². The van der Waals surface area contributed by atoms with Gasteiger partial charge < -0.3 is 22.5 Å². The van der Waals surface area contributed by atoms with Crippen molar-refractivity contribution >= 4 is 0 Å². The van der Waals surface area contributed by atoms with E-state index in [9.17, 15) is 0 Å². The molecule has 1 fully saturated rings. The highest BCUT2D eigenvalue weighted by Crippen LogP contribution is 2.14. The van der Waals surface area contributed by atoms with Crippen molar-refractivity contribution in [3.8, 4) is 0 Å². The van der Waals surface area contributed by atoms with Crippen LogP contribution in [0.1, 0.15) is 72.6 Å². The predicted octanol–water partition coefficient (Wildman–Crippen LogP) is 2.36. The molecule has 1 saturated carbocycles. The summed E-state index contributed by atoms with van der Waals surface area (Å²) in [5.74, 6) is 5.28. The molecule has 0 unspecified atom stereocenters. The summed E-state index contributed by atoms with van der Waals surface area (Å²) in [6, 6.07) is 0.879. The Morgan fingerprint density at radius 3 is 1.39 bits per heavy atom. The lowest BCUT2D eigenvalue weighted by Gasteiger charge is -2.24. The maximum absolute atomic E-state index is 5.64. The molecular weight excluding hydrogens is 288 g/mol. The van der Waals surface area contributed by atoms with Gasteiger partial charge in [-0.2, -0.15) is 0 Å². The number of rotatable bonds is 5. The molecule has 144 valence electrons. The van der Waals surface area contributed by atoms with Crippen LogP contribution < -0.4 is 28.9 Å². The molecular formula is C17H46N6. The Labute approximate surface area is 145 Å². The van der Waals surface area contributed by atoms with E-state index in [2.05, 4.69) is 52.1 Å². The van der Waals surface area contributed by atoms with Crippen LogP contribution in [-0.2, 0) is 0 Å². The second kappa shape index (κ2) is 16.6. The van der Waals surface area contributed by atoms with Crippen LogP contribution in [0.2, 0.25) is 0 Å². The maximum atomic E-state index is 5.64. The second-order valence-electron chi connectivity index (χ2n) is 6.89. The van der Waals surface area contributed by atoms with Gasteiger partial charge in [0, 0.05) is 17.6 Å². The average Bonchev–Trinajstić information content (AvgIpc) is 2.50. The molecule has 0 amide bonds. The zero-order chi connectivity index (χ0) is 17.6. The van der Waals surface area contributed by atoms with Crippen LogP contribution in [0, 0.1) is 0 Å². The number of hydrazine groups is 1. The van der Waals surface area contributed by atoms with Crippen molar-refractivity contribution in [3.05, 3.63) is 0 Å². The van der Waals surface area contributed by atoms with Gasteiger partial charge in [0.15, 0.2) is 0 Å². The van der Waals surface area contributed by atoms with Crippen molar-refractivity contribution in [1.29, 1.82) is 0 Å². The fourth-order valence-corrected chi connectivity index (χ4v) is 2.05. The summed E-state index contributed by atoms with van der Waals surface area (Å²) < 4.78 is 0. The highest BCUT2D eigenvalue weighted by molar-refractivity contribution is 4.76. The number of nitrogens with two attached hydrogens (primary N) is 3. The Hall–Kier alpha value is -0.240. The zero-order valence-corrected chi connectivity index (χ0v) is 16.7. The minimum Gasteiger partial charge on any atom is -0.344 e. The van der Waals surface area contributed by atoms with E-state index < -0.39 is 0 Å². The lowest BCUT2D eigenvalue weighted by Crippen LogP contribution is -2.45. The van der Waals surface area contributed by atoms with Gasteiger partial charge in [-0.15, -0.1) is 0 Å². The lowest BCUT2D eigenvalue weighted by atomic mass is 9.93. The predicted molar refractivity (Wildman–Crippen MR) is 105 cm³/mol. The number of nitrogens with zero attached hydrogens (tertiary/aromatic N) is 1. The van der Waals surface area contributed by atoms with Gasteiger partial charge in [0.05, 0.1) is 0 Å². The summed E-state index contributed by atoms with van der Waals surface area (Å²) in [5.41, 5.74) is 14.2. The first-order valence-corrected chi connectivity index (χ1v) is 8.88. The van der Waals surface area contributed by atoms with Gasteiger partial charge in [-0.3, -0.25) is 11.3 Å². The molecule has 0 heterocycles. The van der Waals surface area contributed by atoms with E-state index in [0.717, 1.165) is 38.5 Å². The molecule has 0 aliphatic heterocycles. The lowest BCUT2D eigenvalue weighted by molar-refractivity contribution is 0.338. The van der Waals surface area contributed by atoms with Crippen molar-refractivity contribution in [2.75, 3.05) is 20.6 Å². The molecule has 0 radical (unpaired) electrons. The molecule has 6 nitrogen and oxygen atoms in total. The van der Waals surface area contributed by atoms with Crippen LogP contribution in [-0.4, -0.2) is 43.2 Å².